The summed E-state index contributed by atoms with van der Waals surface area (Å²) in [6.45, 7) is 8.45. The highest BCUT2D eigenvalue weighted by Crippen LogP contribution is 2.21. The van der Waals surface area contributed by atoms with E-state index in [-0.39, 0.29) is 24.9 Å². The molecule has 6 nitrogen and oxygen atoms in total. The molecular formula is C23H32N2O4S. The molecule has 0 saturated carbocycles. The number of rotatable bonds is 10. The molecule has 1 N–H and O–H groups in total. The Morgan fingerprint density at radius 1 is 1.07 bits per heavy atom. The predicted molar refractivity (Wildman–Crippen MR) is 122 cm³/mol. The number of benzene rings is 2. The SMILES string of the molecule is Cc1ccc(OCC(C)NC(=O)CCCN(c2ccc(C)c(C)c2)S(C)(=O)=O)cc1. The van der Waals surface area contributed by atoms with Crippen molar-refractivity contribution in [1.29, 1.82) is 0 Å². The molecule has 0 spiro atoms. The summed E-state index contributed by atoms with van der Waals surface area (Å²) in [7, 11) is -3.43. The molecule has 0 saturated heterocycles. The van der Waals surface area contributed by atoms with Gasteiger partial charge in [0, 0.05) is 13.0 Å². The lowest BCUT2D eigenvalue weighted by Gasteiger charge is -2.23. The van der Waals surface area contributed by atoms with Crippen LogP contribution in [0.15, 0.2) is 42.5 Å². The van der Waals surface area contributed by atoms with E-state index >= 15 is 0 Å². The molecule has 7 heteroatoms. The monoisotopic (exact) mass is 432 g/mol. The normalized spacial score (nSPS) is 12.3. The summed E-state index contributed by atoms with van der Waals surface area (Å²) in [5.41, 5.74) is 3.92. The fourth-order valence-electron chi connectivity index (χ4n) is 2.99. The van der Waals surface area contributed by atoms with Gasteiger partial charge in [0.15, 0.2) is 0 Å². The van der Waals surface area contributed by atoms with E-state index in [4.69, 9.17) is 4.74 Å². The van der Waals surface area contributed by atoms with Gasteiger partial charge in [0.05, 0.1) is 18.0 Å². The molecule has 2 rings (SSSR count). The first-order valence-corrected chi connectivity index (χ1v) is 11.9. The lowest BCUT2D eigenvalue weighted by Crippen LogP contribution is -2.37. The molecule has 0 aromatic heterocycles. The highest BCUT2D eigenvalue weighted by Gasteiger charge is 2.18. The van der Waals surface area contributed by atoms with E-state index in [9.17, 15) is 13.2 Å². The third-order valence-electron chi connectivity index (χ3n) is 4.87. The second kappa shape index (κ2) is 10.5. The van der Waals surface area contributed by atoms with Gasteiger partial charge in [-0.1, -0.05) is 23.8 Å². The Morgan fingerprint density at radius 2 is 1.73 bits per heavy atom. The van der Waals surface area contributed by atoms with Crippen LogP contribution >= 0.6 is 0 Å². The number of amides is 1. The van der Waals surface area contributed by atoms with Gasteiger partial charge in [0.25, 0.3) is 0 Å². The minimum absolute atomic E-state index is 0.122. The van der Waals surface area contributed by atoms with Crippen molar-refractivity contribution in [3.63, 3.8) is 0 Å². The van der Waals surface area contributed by atoms with Crippen molar-refractivity contribution in [1.82, 2.24) is 5.32 Å². The summed E-state index contributed by atoms with van der Waals surface area (Å²) in [6, 6.07) is 13.2. The van der Waals surface area contributed by atoms with E-state index in [2.05, 4.69) is 5.32 Å². The molecule has 1 unspecified atom stereocenters. The van der Waals surface area contributed by atoms with Crippen LogP contribution in [0.2, 0.25) is 0 Å². The van der Waals surface area contributed by atoms with Gasteiger partial charge in [0.1, 0.15) is 12.4 Å². The molecule has 0 aliphatic heterocycles. The van der Waals surface area contributed by atoms with Gasteiger partial charge in [-0.3, -0.25) is 9.10 Å². The predicted octanol–water partition coefficient (Wildman–Crippen LogP) is 3.74. The van der Waals surface area contributed by atoms with E-state index in [0.29, 0.717) is 18.7 Å². The summed E-state index contributed by atoms with van der Waals surface area (Å²) in [5, 5.41) is 2.90. The quantitative estimate of drug-likeness (QED) is 0.621. The van der Waals surface area contributed by atoms with Crippen molar-refractivity contribution < 1.29 is 17.9 Å². The second-order valence-electron chi connectivity index (χ2n) is 7.80. The van der Waals surface area contributed by atoms with Gasteiger partial charge >= 0.3 is 0 Å². The average molecular weight is 433 g/mol. The molecule has 30 heavy (non-hydrogen) atoms. The number of carbonyl (C=O) groups excluding carboxylic acids is 1. The fourth-order valence-corrected chi connectivity index (χ4v) is 3.95. The first-order valence-electron chi connectivity index (χ1n) is 10.1. The van der Waals surface area contributed by atoms with Crippen LogP contribution in [0.3, 0.4) is 0 Å². The summed E-state index contributed by atoms with van der Waals surface area (Å²) in [4.78, 5) is 12.2. The van der Waals surface area contributed by atoms with Crippen molar-refractivity contribution in [2.75, 3.05) is 23.7 Å². The molecule has 0 heterocycles. The van der Waals surface area contributed by atoms with E-state index in [0.717, 1.165) is 22.4 Å². The number of anilines is 1. The van der Waals surface area contributed by atoms with E-state index in [1.165, 1.54) is 10.6 Å². The third kappa shape index (κ3) is 7.37. The zero-order valence-corrected chi connectivity index (χ0v) is 19.3. The number of carbonyl (C=O) groups is 1. The zero-order chi connectivity index (χ0) is 22.3. The summed E-state index contributed by atoms with van der Waals surface area (Å²) in [6.07, 6.45) is 1.86. The maximum atomic E-state index is 12.2. The van der Waals surface area contributed by atoms with Crippen LogP contribution < -0.4 is 14.4 Å². The Kier molecular flexibility index (Phi) is 8.29. The Morgan fingerprint density at radius 3 is 2.33 bits per heavy atom. The molecule has 1 atom stereocenters. The van der Waals surface area contributed by atoms with Gasteiger partial charge in [-0.2, -0.15) is 0 Å². The van der Waals surface area contributed by atoms with Gasteiger partial charge in [-0.15, -0.1) is 0 Å². The van der Waals surface area contributed by atoms with Crippen molar-refractivity contribution in [2.45, 2.75) is 46.6 Å². The van der Waals surface area contributed by atoms with Gasteiger partial charge < -0.3 is 10.1 Å². The van der Waals surface area contributed by atoms with Crippen LogP contribution in [-0.4, -0.2) is 39.8 Å². The summed E-state index contributed by atoms with van der Waals surface area (Å²) in [5.74, 6) is 0.641. The molecule has 164 valence electrons. The van der Waals surface area contributed by atoms with Crippen LogP contribution in [-0.2, 0) is 14.8 Å². The third-order valence-corrected chi connectivity index (χ3v) is 6.07. The van der Waals surface area contributed by atoms with Crippen molar-refractivity contribution in [3.05, 3.63) is 59.2 Å². The Labute approximate surface area is 180 Å². The molecule has 0 bridgehead atoms. The van der Waals surface area contributed by atoms with Crippen LogP contribution in [0.1, 0.15) is 36.5 Å². The lowest BCUT2D eigenvalue weighted by molar-refractivity contribution is -0.121. The van der Waals surface area contributed by atoms with E-state index in [1.807, 2.05) is 64.1 Å². The molecule has 0 aliphatic carbocycles. The number of hydrogen-bond acceptors (Lipinski definition) is 4. The molecule has 0 fully saturated rings. The Bertz CT molecular complexity index is 956. The molecule has 2 aromatic carbocycles. The van der Waals surface area contributed by atoms with Gasteiger partial charge in [-0.25, -0.2) is 8.42 Å². The number of ether oxygens (including phenoxy) is 1. The number of hydrogen-bond donors (Lipinski definition) is 1. The van der Waals surface area contributed by atoms with Gasteiger partial charge in [-0.05, 0) is 69.5 Å². The maximum absolute atomic E-state index is 12.2. The first kappa shape index (κ1) is 23.7. The minimum atomic E-state index is -3.43. The second-order valence-corrected chi connectivity index (χ2v) is 9.71. The largest absolute Gasteiger partial charge is 0.491 e. The first-order chi connectivity index (χ1) is 14.1. The van der Waals surface area contributed by atoms with E-state index < -0.39 is 10.0 Å². The van der Waals surface area contributed by atoms with E-state index in [1.54, 1.807) is 6.07 Å². The number of aryl methyl sites for hydroxylation is 3. The maximum Gasteiger partial charge on any atom is 0.232 e. The van der Waals surface area contributed by atoms with Gasteiger partial charge in [0.2, 0.25) is 15.9 Å². The van der Waals surface area contributed by atoms with Crippen LogP contribution in [0.25, 0.3) is 0 Å². The minimum Gasteiger partial charge on any atom is -0.491 e. The number of nitrogens with one attached hydrogen (secondary N) is 1. The molecule has 0 aliphatic rings. The Balaban J connectivity index is 1.83. The van der Waals surface area contributed by atoms with Crippen molar-refractivity contribution in [2.24, 2.45) is 0 Å². The topological polar surface area (TPSA) is 75.7 Å². The lowest BCUT2D eigenvalue weighted by atomic mass is 10.1. The molecule has 1 amide bonds. The van der Waals surface area contributed by atoms with Crippen molar-refractivity contribution in [3.8, 4) is 5.75 Å². The number of sulfonamides is 1. The molecule has 0 radical (unpaired) electrons. The average Bonchev–Trinajstić information content (AvgIpc) is 2.66. The molecular weight excluding hydrogens is 400 g/mol. The van der Waals surface area contributed by atoms with Crippen LogP contribution in [0, 0.1) is 20.8 Å². The van der Waals surface area contributed by atoms with Crippen LogP contribution in [0.5, 0.6) is 5.75 Å². The Hall–Kier alpha value is -2.54. The summed E-state index contributed by atoms with van der Waals surface area (Å²) >= 11 is 0. The highest BCUT2D eigenvalue weighted by molar-refractivity contribution is 7.92. The van der Waals surface area contributed by atoms with Crippen molar-refractivity contribution >= 4 is 21.6 Å². The zero-order valence-electron chi connectivity index (χ0n) is 18.4. The smallest absolute Gasteiger partial charge is 0.232 e. The fraction of sp³-hybridized carbons (Fsp3) is 0.435. The standard InChI is InChI=1S/C23H32N2O4S/c1-17-8-12-22(13-9-17)29-16-20(4)24-23(26)7-6-14-25(30(5,27)28)21-11-10-18(2)19(3)15-21/h8-13,15,20H,6-7,14,16H2,1-5H3,(H,24,26). The molecule has 2 aromatic rings. The van der Waals surface area contributed by atoms with Crippen LogP contribution in [0.4, 0.5) is 5.69 Å². The highest BCUT2D eigenvalue weighted by atomic mass is 32.2. The number of nitrogens with zero attached hydrogens (tertiary/aromatic N) is 1. The summed E-state index contributed by atoms with van der Waals surface area (Å²) < 4.78 is 31.5.